The van der Waals surface area contributed by atoms with Crippen LogP contribution >= 0.6 is 0 Å². The highest BCUT2D eigenvalue weighted by Crippen LogP contribution is 2.29. The van der Waals surface area contributed by atoms with E-state index in [0.29, 0.717) is 18.8 Å². The van der Waals surface area contributed by atoms with Crippen molar-refractivity contribution in [2.24, 2.45) is 0 Å². The van der Waals surface area contributed by atoms with Crippen LogP contribution in [-0.2, 0) is 4.74 Å². The van der Waals surface area contributed by atoms with Crippen LogP contribution < -0.4 is 0 Å². The molecule has 0 aliphatic carbocycles. The Balaban J connectivity index is 1.92. The molecule has 0 unspecified atom stereocenters. The lowest BCUT2D eigenvalue weighted by molar-refractivity contribution is 0.272. The molecule has 0 radical (unpaired) electrons. The van der Waals surface area contributed by atoms with Crippen molar-refractivity contribution in [1.82, 2.24) is 0 Å². The van der Waals surface area contributed by atoms with Gasteiger partial charge >= 0.3 is 0 Å². The minimum atomic E-state index is 0.304. The van der Waals surface area contributed by atoms with Gasteiger partial charge in [-0.15, -0.1) is 0 Å². The lowest BCUT2D eigenvalue weighted by atomic mass is 10.1. The van der Waals surface area contributed by atoms with Crippen molar-refractivity contribution in [3.05, 3.63) is 0 Å². The minimum absolute atomic E-state index is 0.304. The summed E-state index contributed by atoms with van der Waals surface area (Å²) in [4.78, 5) is 0. The van der Waals surface area contributed by atoms with Gasteiger partial charge in [0.1, 0.15) is 0 Å². The molecule has 1 N–H and O–H groups in total. The summed E-state index contributed by atoms with van der Waals surface area (Å²) < 4.78 is 5.35. The van der Waals surface area contributed by atoms with Crippen molar-refractivity contribution < 1.29 is 9.84 Å². The fourth-order valence-corrected chi connectivity index (χ4v) is 1.26. The van der Waals surface area contributed by atoms with Crippen molar-refractivity contribution >= 4 is 0 Å². The van der Waals surface area contributed by atoms with Crippen LogP contribution in [-0.4, -0.2) is 23.9 Å². The second-order valence-corrected chi connectivity index (χ2v) is 2.87. The number of ether oxygens (including phenoxy) is 1. The first kappa shape index (κ1) is 8.02. The molecule has 0 aromatic rings. The first-order chi connectivity index (χ1) is 4.88. The number of aliphatic hydroxyl groups excluding tert-OH is 1. The predicted octanol–water partition coefficient (Wildman–Crippen LogP) is 1.33. The zero-order valence-corrected chi connectivity index (χ0v) is 6.55. The maximum absolute atomic E-state index is 8.50. The summed E-state index contributed by atoms with van der Waals surface area (Å²) in [6, 6.07) is 0. The third-order valence-corrected chi connectivity index (χ3v) is 1.91. The van der Waals surface area contributed by atoms with Crippen molar-refractivity contribution in [3.63, 3.8) is 0 Å². The van der Waals surface area contributed by atoms with E-state index in [1.165, 1.54) is 12.8 Å². The number of epoxide rings is 1. The molecule has 0 spiro atoms. The average molecular weight is 144 g/mol. The van der Waals surface area contributed by atoms with E-state index in [9.17, 15) is 0 Å². The quantitative estimate of drug-likeness (QED) is 0.590. The fourth-order valence-electron chi connectivity index (χ4n) is 1.26. The zero-order valence-electron chi connectivity index (χ0n) is 6.55. The van der Waals surface area contributed by atoms with Crippen LogP contribution in [0.15, 0.2) is 0 Å². The van der Waals surface area contributed by atoms with Crippen LogP contribution in [0, 0.1) is 0 Å². The van der Waals surface area contributed by atoms with Crippen LogP contribution in [0.5, 0.6) is 0 Å². The largest absolute Gasteiger partial charge is 0.396 e. The Kier molecular flexibility index (Phi) is 3.16. The maximum atomic E-state index is 8.50. The van der Waals surface area contributed by atoms with Gasteiger partial charge in [0.25, 0.3) is 0 Å². The Hall–Kier alpha value is -0.0800. The van der Waals surface area contributed by atoms with E-state index in [0.717, 1.165) is 12.8 Å². The summed E-state index contributed by atoms with van der Waals surface area (Å²) in [5.74, 6) is 0. The number of aliphatic hydroxyl groups is 1. The summed E-state index contributed by atoms with van der Waals surface area (Å²) in [6.45, 7) is 2.48. The van der Waals surface area contributed by atoms with Crippen molar-refractivity contribution in [2.75, 3.05) is 6.61 Å². The second-order valence-electron chi connectivity index (χ2n) is 2.87. The van der Waals surface area contributed by atoms with Gasteiger partial charge < -0.3 is 9.84 Å². The Morgan fingerprint density at radius 2 is 2.00 bits per heavy atom. The summed E-state index contributed by atoms with van der Waals surface area (Å²) in [5, 5.41) is 8.50. The van der Waals surface area contributed by atoms with Gasteiger partial charge in [-0.1, -0.05) is 13.3 Å². The highest BCUT2D eigenvalue weighted by molar-refractivity contribution is 4.83. The van der Waals surface area contributed by atoms with Crippen molar-refractivity contribution in [1.29, 1.82) is 0 Å². The molecule has 10 heavy (non-hydrogen) atoms. The molecule has 1 fully saturated rings. The molecule has 2 heteroatoms. The van der Waals surface area contributed by atoms with Crippen LogP contribution in [0.2, 0.25) is 0 Å². The summed E-state index contributed by atoms with van der Waals surface area (Å²) >= 11 is 0. The molecular weight excluding hydrogens is 128 g/mol. The summed E-state index contributed by atoms with van der Waals surface area (Å²) in [6.07, 6.45) is 5.34. The highest BCUT2D eigenvalue weighted by atomic mass is 16.6. The van der Waals surface area contributed by atoms with Gasteiger partial charge in [-0.3, -0.25) is 0 Å². The standard InChI is InChI=1S/C8H16O2/c1-2-4-7-8(10-7)5-3-6-9/h7-9H,2-6H2,1H3/t7-,8-/m0/s1. The van der Waals surface area contributed by atoms with E-state index in [1.807, 2.05) is 0 Å². The van der Waals surface area contributed by atoms with Crippen LogP contribution in [0.4, 0.5) is 0 Å². The molecule has 1 aliphatic heterocycles. The van der Waals surface area contributed by atoms with Gasteiger partial charge in [0.2, 0.25) is 0 Å². The molecule has 1 rings (SSSR count). The number of rotatable bonds is 5. The van der Waals surface area contributed by atoms with Crippen molar-refractivity contribution in [3.8, 4) is 0 Å². The SMILES string of the molecule is CCC[C@@H]1O[C@H]1CCCO. The third-order valence-electron chi connectivity index (χ3n) is 1.91. The minimum Gasteiger partial charge on any atom is -0.396 e. The Labute approximate surface area is 62.2 Å². The fraction of sp³-hybridized carbons (Fsp3) is 1.00. The van der Waals surface area contributed by atoms with Gasteiger partial charge in [-0.05, 0) is 19.3 Å². The summed E-state index contributed by atoms with van der Waals surface area (Å²) in [7, 11) is 0. The lowest BCUT2D eigenvalue weighted by Gasteiger charge is -1.90. The maximum Gasteiger partial charge on any atom is 0.0842 e. The number of hydrogen-bond donors (Lipinski definition) is 1. The topological polar surface area (TPSA) is 32.8 Å². The van der Waals surface area contributed by atoms with E-state index in [2.05, 4.69) is 6.92 Å². The molecular formula is C8H16O2. The third kappa shape index (κ3) is 2.27. The van der Waals surface area contributed by atoms with Gasteiger partial charge in [0.05, 0.1) is 12.2 Å². The smallest absolute Gasteiger partial charge is 0.0842 e. The van der Waals surface area contributed by atoms with Crippen LogP contribution in [0.1, 0.15) is 32.6 Å². The van der Waals surface area contributed by atoms with Crippen LogP contribution in [0.25, 0.3) is 0 Å². The van der Waals surface area contributed by atoms with E-state index >= 15 is 0 Å². The molecule has 0 aromatic carbocycles. The molecule has 2 atom stereocenters. The Bertz CT molecular complexity index is 93.3. The first-order valence-electron chi connectivity index (χ1n) is 4.14. The normalized spacial score (nSPS) is 30.6. The summed E-state index contributed by atoms with van der Waals surface area (Å²) in [5.41, 5.74) is 0. The van der Waals surface area contributed by atoms with E-state index in [4.69, 9.17) is 9.84 Å². The lowest BCUT2D eigenvalue weighted by Crippen LogP contribution is -1.94. The van der Waals surface area contributed by atoms with E-state index < -0.39 is 0 Å². The highest BCUT2D eigenvalue weighted by Gasteiger charge is 2.36. The Morgan fingerprint density at radius 3 is 2.60 bits per heavy atom. The molecule has 1 heterocycles. The van der Waals surface area contributed by atoms with E-state index in [-0.39, 0.29) is 0 Å². The molecule has 1 aliphatic rings. The van der Waals surface area contributed by atoms with Gasteiger partial charge in [0, 0.05) is 6.61 Å². The van der Waals surface area contributed by atoms with Crippen molar-refractivity contribution in [2.45, 2.75) is 44.8 Å². The number of hydrogen-bond acceptors (Lipinski definition) is 2. The Morgan fingerprint density at radius 1 is 1.30 bits per heavy atom. The van der Waals surface area contributed by atoms with Gasteiger partial charge in [-0.2, -0.15) is 0 Å². The van der Waals surface area contributed by atoms with Gasteiger partial charge in [0.15, 0.2) is 0 Å². The molecule has 0 aromatic heterocycles. The predicted molar refractivity (Wildman–Crippen MR) is 39.9 cm³/mol. The molecule has 2 nitrogen and oxygen atoms in total. The average Bonchev–Trinajstić information content (AvgIpc) is 2.65. The van der Waals surface area contributed by atoms with Gasteiger partial charge in [-0.25, -0.2) is 0 Å². The second kappa shape index (κ2) is 3.94. The zero-order chi connectivity index (χ0) is 7.40. The first-order valence-corrected chi connectivity index (χ1v) is 4.14. The molecule has 60 valence electrons. The monoisotopic (exact) mass is 144 g/mol. The van der Waals surface area contributed by atoms with E-state index in [1.54, 1.807) is 0 Å². The molecule has 0 saturated carbocycles. The van der Waals surface area contributed by atoms with Crippen LogP contribution in [0.3, 0.4) is 0 Å². The molecule has 0 amide bonds. The molecule has 1 saturated heterocycles. The molecule has 0 bridgehead atoms.